The van der Waals surface area contributed by atoms with Gasteiger partial charge in [0.1, 0.15) is 0 Å². The molecule has 1 aliphatic heterocycles. The zero-order valence-electron chi connectivity index (χ0n) is 8.83. The van der Waals surface area contributed by atoms with Crippen LogP contribution in [0.1, 0.15) is 29.9 Å². The van der Waals surface area contributed by atoms with E-state index < -0.39 is 5.97 Å². The molecule has 2 heterocycles. The molecule has 7 heteroatoms. The van der Waals surface area contributed by atoms with Crippen LogP contribution in [0.2, 0.25) is 0 Å². The van der Waals surface area contributed by atoms with E-state index in [1.54, 1.807) is 4.90 Å². The van der Waals surface area contributed by atoms with Gasteiger partial charge in [-0.2, -0.15) is 0 Å². The Labute approximate surface area is 91.7 Å². The minimum absolute atomic E-state index is 0.0288. The topological polar surface area (TPSA) is 88.3 Å². The van der Waals surface area contributed by atoms with Crippen molar-refractivity contribution in [3.05, 3.63) is 11.9 Å². The Bertz CT molecular complexity index is 428. The Morgan fingerprint density at radius 2 is 2.31 bits per heavy atom. The minimum atomic E-state index is -1.09. The van der Waals surface area contributed by atoms with Crippen molar-refractivity contribution in [2.75, 3.05) is 13.1 Å². The predicted octanol–water partition coefficient (Wildman–Crippen LogP) is -0.230. The molecule has 86 valence electrons. The Hall–Kier alpha value is -1.92. The van der Waals surface area contributed by atoms with Crippen LogP contribution in [-0.2, 0) is 4.79 Å². The van der Waals surface area contributed by atoms with E-state index >= 15 is 0 Å². The molecule has 1 amide bonds. The molecule has 0 aliphatic carbocycles. The van der Waals surface area contributed by atoms with Gasteiger partial charge in [-0.25, -0.2) is 9.48 Å². The molecule has 1 N–H and O–H groups in total. The molecule has 0 unspecified atom stereocenters. The summed E-state index contributed by atoms with van der Waals surface area (Å²) in [4.78, 5) is 23.5. The molecule has 1 aromatic rings. The first kappa shape index (κ1) is 10.6. The molecule has 0 spiro atoms. The van der Waals surface area contributed by atoms with Crippen molar-refractivity contribution in [1.29, 1.82) is 0 Å². The molecule has 0 bridgehead atoms. The fourth-order valence-corrected chi connectivity index (χ4v) is 1.80. The number of hydrogen-bond acceptors (Lipinski definition) is 4. The monoisotopic (exact) mass is 224 g/mol. The van der Waals surface area contributed by atoms with Gasteiger partial charge >= 0.3 is 5.97 Å². The van der Waals surface area contributed by atoms with Gasteiger partial charge in [0.25, 0.3) is 0 Å². The van der Waals surface area contributed by atoms with Crippen molar-refractivity contribution in [3.8, 4) is 0 Å². The lowest BCUT2D eigenvalue weighted by Crippen LogP contribution is -2.26. The fraction of sp³-hybridized carbons (Fsp3) is 0.556. The lowest BCUT2D eigenvalue weighted by Gasteiger charge is -2.13. The third-order valence-electron chi connectivity index (χ3n) is 2.71. The lowest BCUT2D eigenvalue weighted by molar-refractivity contribution is -0.127. The van der Waals surface area contributed by atoms with Gasteiger partial charge in [0.2, 0.25) is 5.91 Å². The average molecular weight is 224 g/mol. The third-order valence-corrected chi connectivity index (χ3v) is 2.71. The smallest absolute Gasteiger partial charge is 0.358 e. The molecule has 1 saturated heterocycles. The highest BCUT2D eigenvalue weighted by Crippen LogP contribution is 2.20. The maximum absolute atomic E-state index is 11.1. The highest BCUT2D eigenvalue weighted by molar-refractivity contribution is 5.84. The molecule has 0 saturated carbocycles. The molecule has 7 nitrogen and oxygen atoms in total. The van der Waals surface area contributed by atoms with Crippen LogP contribution in [0.3, 0.4) is 0 Å². The number of carbonyl (C=O) groups excluding carboxylic acids is 1. The first-order valence-electron chi connectivity index (χ1n) is 4.98. The van der Waals surface area contributed by atoms with E-state index in [1.807, 2.05) is 0 Å². The van der Waals surface area contributed by atoms with Crippen molar-refractivity contribution >= 4 is 11.9 Å². The van der Waals surface area contributed by atoms with Gasteiger partial charge in [-0.05, 0) is 6.42 Å². The maximum atomic E-state index is 11.1. The van der Waals surface area contributed by atoms with Crippen LogP contribution in [0.25, 0.3) is 0 Å². The summed E-state index contributed by atoms with van der Waals surface area (Å²) in [5.41, 5.74) is -0.0683. The summed E-state index contributed by atoms with van der Waals surface area (Å²) < 4.78 is 1.52. The first-order valence-corrected chi connectivity index (χ1v) is 4.98. The number of amides is 1. The van der Waals surface area contributed by atoms with Gasteiger partial charge in [0.15, 0.2) is 5.69 Å². The van der Waals surface area contributed by atoms with Gasteiger partial charge in [-0.3, -0.25) is 4.79 Å². The van der Waals surface area contributed by atoms with Crippen molar-refractivity contribution in [1.82, 2.24) is 19.9 Å². The largest absolute Gasteiger partial charge is 0.476 e. The minimum Gasteiger partial charge on any atom is -0.476 e. The average Bonchev–Trinajstić information content (AvgIpc) is 2.86. The van der Waals surface area contributed by atoms with Crippen molar-refractivity contribution in [2.24, 2.45) is 0 Å². The molecular formula is C9H12N4O3. The number of carbonyl (C=O) groups is 2. The van der Waals surface area contributed by atoms with Crippen LogP contribution in [0.4, 0.5) is 0 Å². The van der Waals surface area contributed by atoms with Gasteiger partial charge < -0.3 is 10.0 Å². The highest BCUT2D eigenvalue weighted by Gasteiger charge is 2.26. The predicted molar refractivity (Wildman–Crippen MR) is 52.9 cm³/mol. The molecule has 0 aromatic carbocycles. The second-order valence-electron chi connectivity index (χ2n) is 3.80. The van der Waals surface area contributed by atoms with E-state index in [0.717, 1.165) is 6.42 Å². The third kappa shape index (κ3) is 1.88. The van der Waals surface area contributed by atoms with E-state index in [1.165, 1.54) is 17.8 Å². The van der Waals surface area contributed by atoms with E-state index in [0.29, 0.717) is 13.1 Å². The van der Waals surface area contributed by atoms with E-state index in [-0.39, 0.29) is 17.6 Å². The summed E-state index contributed by atoms with van der Waals surface area (Å²) in [7, 11) is 0. The molecule has 1 aliphatic rings. The summed E-state index contributed by atoms with van der Waals surface area (Å²) in [6, 6.07) is 0.0319. The number of rotatable bonds is 2. The molecule has 1 fully saturated rings. The standard InChI is InChI=1S/C9H12N4O3/c1-6(14)12-3-2-7(4-12)13-5-8(9(15)16)10-11-13/h5,7H,2-4H2,1H3,(H,15,16)/t7-/m0/s1. The Morgan fingerprint density at radius 1 is 1.56 bits per heavy atom. The molecular weight excluding hydrogens is 212 g/mol. The van der Waals surface area contributed by atoms with Crippen LogP contribution in [0.5, 0.6) is 0 Å². The number of carboxylic acid groups (broad SMARTS) is 1. The van der Waals surface area contributed by atoms with Gasteiger partial charge in [-0.1, -0.05) is 5.21 Å². The normalized spacial score (nSPS) is 20.1. The zero-order chi connectivity index (χ0) is 11.7. The molecule has 16 heavy (non-hydrogen) atoms. The maximum Gasteiger partial charge on any atom is 0.358 e. The van der Waals surface area contributed by atoms with Crippen molar-refractivity contribution < 1.29 is 14.7 Å². The molecule has 1 aromatic heterocycles. The van der Waals surface area contributed by atoms with Crippen LogP contribution < -0.4 is 0 Å². The van der Waals surface area contributed by atoms with Gasteiger partial charge in [-0.15, -0.1) is 5.10 Å². The molecule has 2 rings (SSSR count). The highest BCUT2D eigenvalue weighted by atomic mass is 16.4. The molecule has 1 atom stereocenters. The Morgan fingerprint density at radius 3 is 2.81 bits per heavy atom. The lowest BCUT2D eigenvalue weighted by atomic mass is 10.3. The summed E-state index contributed by atoms with van der Waals surface area (Å²) >= 11 is 0. The summed E-state index contributed by atoms with van der Waals surface area (Å²) in [5.74, 6) is -1.06. The summed E-state index contributed by atoms with van der Waals surface area (Å²) in [6.07, 6.45) is 2.18. The Balaban J connectivity index is 2.08. The van der Waals surface area contributed by atoms with E-state index in [4.69, 9.17) is 5.11 Å². The number of carboxylic acids is 1. The number of nitrogens with zero attached hydrogens (tertiary/aromatic N) is 4. The Kier molecular flexibility index (Phi) is 2.59. The van der Waals surface area contributed by atoms with Crippen LogP contribution in [0, 0.1) is 0 Å². The van der Waals surface area contributed by atoms with Gasteiger partial charge in [0.05, 0.1) is 12.2 Å². The van der Waals surface area contributed by atoms with Gasteiger partial charge in [0, 0.05) is 20.0 Å². The van der Waals surface area contributed by atoms with Crippen molar-refractivity contribution in [2.45, 2.75) is 19.4 Å². The number of aromatic nitrogens is 3. The van der Waals surface area contributed by atoms with Crippen LogP contribution in [-0.4, -0.2) is 50.0 Å². The van der Waals surface area contributed by atoms with Crippen molar-refractivity contribution in [3.63, 3.8) is 0 Å². The quantitative estimate of drug-likeness (QED) is 0.749. The van der Waals surface area contributed by atoms with E-state index in [2.05, 4.69) is 10.3 Å². The van der Waals surface area contributed by atoms with Crippen LogP contribution in [0.15, 0.2) is 6.20 Å². The second-order valence-corrected chi connectivity index (χ2v) is 3.80. The number of aromatic carboxylic acids is 1. The summed E-state index contributed by atoms with van der Waals surface area (Å²) in [6.45, 7) is 2.77. The fourth-order valence-electron chi connectivity index (χ4n) is 1.80. The summed E-state index contributed by atoms with van der Waals surface area (Å²) in [5, 5.41) is 16.0. The first-order chi connectivity index (χ1) is 7.58. The van der Waals surface area contributed by atoms with Crippen LogP contribution >= 0.6 is 0 Å². The number of likely N-dealkylation sites (tertiary alicyclic amines) is 1. The van der Waals surface area contributed by atoms with E-state index in [9.17, 15) is 9.59 Å². The SMILES string of the molecule is CC(=O)N1CC[C@H](n2cc(C(=O)O)nn2)C1. The second kappa shape index (κ2) is 3.92. The zero-order valence-corrected chi connectivity index (χ0v) is 8.83. The molecule has 0 radical (unpaired) electrons. The number of hydrogen-bond donors (Lipinski definition) is 1.